The molecule has 1 amide bonds. The second-order valence-electron chi connectivity index (χ2n) is 7.17. The van der Waals surface area contributed by atoms with Crippen LogP contribution in [0.1, 0.15) is 27.0 Å². The second kappa shape index (κ2) is 8.66. The van der Waals surface area contributed by atoms with Gasteiger partial charge in [-0.1, -0.05) is 54.1 Å². The Labute approximate surface area is 175 Å². The maximum atomic E-state index is 13.0. The number of amides is 1. The lowest BCUT2D eigenvalue weighted by Gasteiger charge is -2.12. The van der Waals surface area contributed by atoms with Gasteiger partial charge in [-0.15, -0.1) is 0 Å². The molecule has 0 aliphatic rings. The summed E-state index contributed by atoms with van der Waals surface area (Å²) in [5.41, 5.74) is 6.13. The lowest BCUT2D eigenvalue weighted by Crippen LogP contribution is -2.24. The summed E-state index contributed by atoms with van der Waals surface area (Å²) in [5, 5.41) is 3.00. The van der Waals surface area contributed by atoms with Crippen LogP contribution in [0.4, 0.5) is 0 Å². The van der Waals surface area contributed by atoms with Gasteiger partial charge in [-0.05, 0) is 37.1 Å². The third-order valence-corrected chi connectivity index (χ3v) is 5.00. The smallest absolute Gasteiger partial charge is 0.255 e. The molecule has 0 saturated carbocycles. The molecule has 2 aromatic heterocycles. The van der Waals surface area contributed by atoms with Crippen molar-refractivity contribution in [3.63, 3.8) is 0 Å². The minimum absolute atomic E-state index is 0.208. The highest BCUT2D eigenvalue weighted by Gasteiger charge is 2.17. The molecule has 0 unspecified atom stereocenters. The summed E-state index contributed by atoms with van der Waals surface area (Å²) in [5.74, 6) is 0.373. The van der Waals surface area contributed by atoms with Gasteiger partial charge in [-0.2, -0.15) is 0 Å². The van der Waals surface area contributed by atoms with Crippen molar-refractivity contribution in [1.29, 1.82) is 0 Å². The Morgan fingerprint density at radius 2 is 1.63 bits per heavy atom. The molecule has 5 heteroatoms. The first kappa shape index (κ1) is 19.5. The first-order valence-corrected chi connectivity index (χ1v) is 9.79. The average Bonchev–Trinajstić information content (AvgIpc) is 2.79. The lowest BCUT2D eigenvalue weighted by molar-refractivity contribution is 0.0951. The van der Waals surface area contributed by atoms with Gasteiger partial charge >= 0.3 is 0 Å². The van der Waals surface area contributed by atoms with Crippen LogP contribution in [-0.2, 0) is 6.54 Å². The van der Waals surface area contributed by atoms with Crippen LogP contribution in [0, 0.1) is 13.8 Å². The third kappa shape index (κ3) is 4.25. The number of aromatic nitrogens is 3. The van der Waals surface area contributed by atoms with E-state index in [2.05, 4.69) is 15.3 Å². The molecule has 0 atom stereocenters. The molecule has 5 nitrogen and oxygen atoms in total. The predicted molar refractivity (Wildman–Crippen MR) is 118 cm³/mol. The van der Waals surface area contributed by atoms with Crippen LogP contribution in [0.5, 0.6) is 0 Å². The number of nitrogens with one attached hydrogen (secondary N) is 1. The minimum atomic E-state index is -0.208. The maximum Gasteiger partial charge on any atom is 0.255 e. The molecule has 0 bridgehead atoms. The Kier molecular flexibility index (Phi) is 5.61. The normalized spacial score (nSPS) is 10.6. The zero-order chi connectivity index (χ0) is 20.9. The van der Waals surface area contributed by atoms with Gasteiger partial charge in [-0.25, -0.2) is 9.97 Å². The minimum Gasteiger partial charge on any atom is -0.348 e. The first-order chi connectivity index (χ1) is 14.6. The molecule has 30 heavy (non-hydrogen) atoms. The lowest BCUT2D eigenvalue weighted by atomic mass is 10.1. The van der Waals surface area contributed by atoms with Gasteiger partial charge < -0.3 is 5.32 Å². The van der Waals surface area contributed by atoms with E-state index in [0.29, 0.717) is 23.6 Å². The predicted octanol–water partition coefficient (Wildman–Crippen LogP) is 4.75. The fraction of sp³-hybridized carbons (Fsp3) is 0.120. The van der Waals surface area contributed by atoms with Crippen LogP contribution < -0.4 is 5.32 Å². The zero-order valence-corrected chi connectivity index (χ0v) is 17.0. The molecule has 1 N–H and O–H groups in total. The van der Waals surface area contributed by atoms with Crippen molar-refractivity contribution in [2.75, 3.05) is 0 Å². The van der Waals surface area contributed by atoms with E-state index >= 15 is 0 Å². The summed E-state index contributed by atoms with van der Waals surface area (Å²) in [6.45, 7) is 4.51. The summed E-state index contributed by atoms with van der Waals surface area (Å²) in [7, 11) is 0. The number of rotatable bonds is 5. The van der Waals surface area contributed by atoms with E-state index < -0.39 is 0 Å². The molecular formula is C25H22N4O. The van der Waals surface area contributed by atoms with Crippen LogP contribution >= 0.6 is 0 Å². The van der Waals surface area contributed by atoms with E-state index in [1.54, 1.807) is 18.6 Å². The van der Waals surface area contributed by atoms with Gasteiger partial charge in [0.1, 0.15) is 0 Å². The first-order valence-electron chi connectivity index (χ1n) is 9.79. The Morgan fingerprint density at radius 1 is 0.900 bits per heavy atom. The number of benzene rings is 2. The molecule has 2 heterocycles. The Morgan fingerprint density at radius 3 is 2.37 bits per heavy atom. The van der Waals surface area contributed by atoms with Crippen molar-refractivity contribution < 1.29 is 4.79 Å². The SMILES string of the molecule is Cc1ccc(-c2ncc(C(=O)NCc3ccccc3C)c(-c3ccncc3)n2)cc1. The number of carbonyl (C=O) groups excluding carboxylic acids is 1. The van der Waals surface area contributed by atoms with E-state index in [-0.39, 0.29) is 5.91 Å². The van der Waals surface area contributed by atoms with Crippen molar-refractivity contribution in [3.05, 3.63) is 102 Å². The van der Waals surface area contributed by atoms with E-state index in [4.69, 9.17) is 4.98 Å². The second-order valence-corrected chi connectivity index (χ2v) is 7.17. The number of aryl methyl sites for hydroxylation is 2. The summed E-state index contributed by atoms with van der Waals surface area (Å²) >= 11 is 0. The van der Waals surface area contributed by atoms with Crippen LogP contribution in [0.25, 0.3) is 22.6 Å². The zero-order valence-electron chi connectivity index (χ0n) is 17.0. The Hall–Kier alpha value is -3.86. The van der Waals surface area contributed by atoms with Crippen molar-refractivity contribution in [2.24, 2.45) is 0 Å². The number of pyridine rings is 1. The number of carbonyl (C=O) groups is 1. The van der Waals surface area contributed by atoms with E-state index in [9.17, 15) is 4.79 Å². The molecule has 0 fully saturated rings. The molecule has 148 valence electrons. The van der Waals surface area contributed by atoms with Gasteiger partial charge in [0.2, 0.25) is 0 Å². The van der Waals surface area contributed by atoms with Gasteiger partial charge in [-0.3, -0.25) is 9.78 Å². The van der Waals surface area contributed by atoms with Crippen LogP contribution in [-0.4, -0.2) is 20.9 Å². The average molecular weight is 394 g/mol. The van der Waals surface area contributed by atoms with Crippen molar-refractivity contribution in [3.8, 4) is 22.6 Å². The quantitative estimate of drug-likeness (QED) is 0.530. The third-order valence-electron chi connectivity index (χ3n) is 5.00. The number of hydrogen-bond acceptors (Lipinski definition) is 4. The molecule has 0 saturated heterocycles. The Balaban J connectivity index is 1.68. The van der Waals surface area contributed by atoms with E-state index in [1.807, 2.05) is 74.5 Å². The largest absolute Gasteiger partial charge is 0.348 e. The number of hydrogen-bond donors (Lipinski definition) is 1. The fourth-order valence-corrected chi connectivity index (χ4v) is 3.20. The summed E-state index contributed by atoms with van der Waals surface area (Å²) in [4.78, 5) is 26.3. The standard InChI is InChI=1S/C25H22N4O/c1-17-7-9-20(10-8-17)24-27-16-22(23(29-24)19-11-13-26-14-12-19)25(30)28-15-21-6-4-3-5-18(21)2/h3-14,16H,15H2,1-2H3,(H,28,30). The van der Waals surface area contributed by atoms with E-state index in [1.165, 1.54) is 5.56 Å². The molecule has 4 aromatic rings. The van der Waals surface area contributed by atoms with Crippen LogP contribution in [0.3, 0.4) is 0 Å². The van der Waals surface area contributed by atoms with Crippen molar-refractivity contribution in [2.45, 2.75) is 20.4 Å². The summed E-state index contributed by atoms with van der Waals surface area (Å²) in [6, 6.07) is 19.7. The fourth-order valence-electron chi connectivity index (χ4n) is 3.20. The van der Waals surface area contributed by atoms with Gasteiger partial charge in [0.15, 0.2) is 5.82 Å². The highest BCUT2D eigenvalue weighted by molar-refractivity contribution is 5.99. The molecule has 0 aliphatic heterocycles. The summed E-state index contributed by atoms with van der Waals surface area (Å²) < 4.78 is 0. The van der Waals surface area contributed by atoms with E-state index in [0.717, 1.165) is 22.3 Å². The maximum absolute atomic E-state index is 13.0. The molecule has 2 aromatic carbocycles. The molecule has 0 radical (unpaired) electrons. The monoisotopic (exact) mass is 394 g/mol. The van der Waals surface area contributed by atoms with Crippen LogP contribution in [0.2, 0.25) is 0 Å². The van der Waals surface area contributed by atoms with Crippen LogP contribution in [0.15, 0.2) is 79.3 Å². The van der Waals surface area contributed by atoms with Gasteiger partial charge in [0.05, 0.1) is 11.3 Å². The topological polar surface area (TPSA) is 67.8 Å². The molecule has 0 spiro atoms. The van der Waals surface area contributed by atoms with Gasteiger partial charge in [0.25, 0.3) is 5.91 Å². The highest BCUT2D eigenvalue weighted by Crippen LogP contribution is 2.24. The van der Waals surface area contributed by atoms with Gasteiger partial charge in [0, 0.05) is 36.3 Å². The molecular weight excluding hydrogens is 372 g/mol. The molecule has 4 rings (SSSR count). The molecule has 0 aliphatic carbocycles. The Bertz CT molecular complexity index is 1170. The number of nitrogens with zero attached hydrogens (tertiary/aromatic N) is 3. The van der Waals surface area contributed by atoms with Crippen molar-refractivity contribution in [1.82, 2.24) is 20.3 Å². The highest BCUT2D eigenvalue weighted by atomic mass is 16.1. The summed E-state index contributed by atoms with van der Waals surface area (Å²) in [6.07, 6.45) is 4.99. The van der Waals surface area contributed by atoms with Crippen molar-refractivity contribution >= 4 is 5.91 Å².